The van der Waals surface area contributed by atoms with Crippen molar-refractivity contribution >= 4 is 17.6 Å². The van der Waals surface area contributed by atoms with Crippen LogP contribution in [0.25, 0.3) is 0 Å². The van der Waals surface area contributed by atoms with E-state index in [2.05, 4.69) is 10.1 Å². The maximum Gasteiger partial charge on any atom is 0.188 e. The van der Waals surface area contributed by atoms with E-state index in [-0.39, 0.29) is 5.84 Å². The third-order valence-corrected chi connectivity index (χ3v) is 2.20. The fourth-order valence-electron chi connectivity index (χ4n) is 0.837. The van der Waals surface area contributed by atoms with E-state index in [4.69, 9.17) is 10.9 Å². The smallest absolute Gasteiger partial charge is 0.188 e. The lowest BCUT2D eigenvalue weighted by Crippen LogP contribution is -2.14. The Hall–Kier alpha value is -1.23. The standard InChI is InChI=1S/C8H11N3OS/c1-2-13-7-5-3-4-6(10-7)8(9)11-12/h3-5,12H,2H2,1H3,(H2,9,11). The fourth-order valence-corrected chi connectivity index (χ4v) is 1.47. The summed E-state index contributed by atoms with van der Waals surface area (Å²) < 4.78 is 0. The number of amidine groups is 1. The van der Waals surface area contributed by atoms with Gasteiger partial charge in [0, 0.05) is 0 Å². The highest BCUT2D eigenvalue weighted by atomic mass is 32.2. The number of pyridine rings is 1. The first kappa shape index (κ1) is 9.85. The van der Waals surface area contributed by atoms with Crippen molar-refractivity contribution in [1.82, 2.24) is 4.98 Å². The molecule has 0 unspecified atom stereocenters. The summed E-state index contributed by atoms with van der Waals surface area (Å²) in [5, 5.41) is 12.2. The van der Waals surface area contributed by atoms with Crippen molar-refractivity contribution in [3.05, 3.63) is 23.9 Å². The second kappa shape index (κ2) is 4.71. The molecule has 0 aliphatic heterocycles. The van der Waals surface area contributed by atoms with E-state index in [1.165, 1.54) is 0 Å². The van der Waals surface area contributed by atoms with Crippen LogP contribution in [0.5, 0.6) is 0 Å². The van der Waals surface area contributed by atoms with Gasteiger partial charge in [0.05, 0.1) is 5.03 Å². The molecular weight excluding hydrogens is 186 g/mol. The Bertz CT molecular complexity index is 314. The van der Waals surface area contributed by atoms with Crippen LogP contribution in [-0.4, -0.2) is 21.8 Å². The predicted octanol–water partition coefficient (Wildman–Crippen LogP) is 1.29. The van der Waals surface area contributed by atoms with Gasteiger partial charge >= 0.3 is 0 Å². The Labute approximate surface area is 80.9 Å². The molecule has 0 spiro atoms. The number of oxime groups is 1. The number of aromatic nitrogens is 1. The van der Waals surface area contributed by atoms with Crippen molar-refractivity contribution in [3.8, 4) is 0 Å². The van der Waals surface area contributed by atoms with Crippen LogP contribution in [0.3, 0.4) is 0 Å². The molecule has 3 N–H and O–H groups in total. The molecule has 1 heterocycles. The van der Waals surface area contributed by atoms with E-state index < -0.39 is 0 Å². The summed E-state index contributed by atoms with van der Waals surface area (Å²) in [5.74, 6) is 0.991. The summed E-state index contributed by atoms with van der Waals surface area (Å²) >= 11 is 1.61. The highest BCUT2D eigenvalue weighted by Crippen LogP contribution is 2.14. The van der Waals surface area contributed by atoms with E-state index in [9.17, 15) is 0 Å². The number of thioether (sulfide) groups is 1. The average molecular weight is 197 g/mol. The summed E-state index contributed by atoms with van der Waals surface area (Å²) in [5.41, 5.74) is 5.89. The third-order valence-electron chi connectivity index (χ3n) is 1.39. The lowest BCUT2D eigenvalue weighted by Gasteiger charge is -2.00. The van der Waals surface area contributed by atoms with Crippen LogP contribution in [0.4, 0.5) is 0 Å². The molecule has 70 valence electrons. The Kier molecular flexibility index (Phi) is 3.57. The number of nitrogens with zero attached hydrogens (tertiary/aromatic N) is 2. The first-order valence-corrected chi connectivity index (χ1v) is 4.84. The first-order valence-electron chi connectivity index (χ1n) is 3.85. The van der Waals surface area contributed by atoms with Crippen molar-refractivity contribution in [3.63, 3.8) is 0 Å². The zero-order valence-electron chi connectivity index (χ0n) is 7.27. The molecule has 0 aliphatic rings. The van der Waals surface area contributed by atoms with Crippen LogP contribution in [0, 0.1) is 0 Å². The number of hydrogen-bond acceptors (Lipinski definition) is 4. The van der Waals surface area contributed by atoms with Gasteiger partial charge in [0.1, 0.15) is 5.69 Å². The lowest BCUT2D eigenvalue weighted by atomic mass is 10.3. The maximum absolute atomic E-state index is 8.43. The monoisotopic (exact) mass is 197 g/mol. The molecule has 0 fully saturated rings. The summed E-state index contributed by atoms with van der Waals surface area (Å²) in [6, 6.07) is 5.43. The molecule has 1 aromatic heterocycles. The van der Waals surface area contributed by atoms with Crippen LogP contribution >= 0.6 is 11.8 Å². The number of rotatable bonds is 3. The molecule has 0 saturated carbocycles. The molecule has 1 rings (SSSR count). The minimum Gasteiger partial charge on any atom is -0.409 e. The minimum absolute atomic E-state index is 0.0403. The molecule has 13 heavy (non-hydrogen) atoms. The maximum atomic E-state index is 8.43. The SMILES string of the molecule is CCSc1cccc(C(N)=NO)n1. The van der Waals surface area contributed by atoms with Crippen LogP contribution in [0.1, 0.15) is 12.6 Å². The van der Waals surface area contributed by atoms with Crippen molar-refractivity contribution < 1.29 is 5.21 Å². The second-order valence-electron chi connectivity index (χ2n) is 2.28. The van der Waals surface area contributed by atoms with E-state index >= 15 is 0 Å². The zero-order chi connectivity index (χ0) is 9.68. The normalized spacial score (nSPS) is 11.6. The molecule has 0 bridgehead atoms. The molecule has 4 nitrogen and oxygen atoms in total. The van der Waals surface area contributed by atoms with E-state index in [0.29, 0.717) is 5.69 Å². The van der Waals surface area contributed by atoms with Crippen LogP contribution < -0.4 is 5.73 Å². The number of nitrogens with two attached hydrogens (primary N) is 1. The Morgan fingerprint density at radius 1 is 1.69 bits per heavy atom. The van der Waals surface area contributed by atoms with Gasteiger partial charge in [0.2, 0.25) is 0 Å². The predicted molar refractivity (Wildman–Crippen MR) is 53.1 cm³/mol. The van der Waals surface area contributed by atoms with E-state index in [0.717, 1.165) is 10.8 Å². The van der Waals surface area contributed by atoms with Crippen LogP contribution in [-0.2, 0) is 0 Å². The molecular formula is C8H11N3OS. The van der Waals surface area contributed by atoms with E-state index in [1.807, 2.05) is 19.1 Å². The van der Waals surface area contributed by atoms with Crippen LogP contribution in [0.2, 0.25) is 0 Å². The van der Waals surface area contributed by atoms with Gasteiger partial charge in [-0.05, 0) is 17.9 Å². The summed E-state index contributed by atoms with van der Waals surface area (Å²) in [7, 11) is 0. The summed E-state index contributed by atoms with van der Waals surface area (Å²) in [6.07, 6.45) is 0. The molecule has 0 amide bonds. The lowest BCUT2D eigenvalue weighted by molar-refractivity contribution is 0.318. The average Bonchev–Trinajstić information content (AvgIpc) is 2.18. The minimum atomic E-state index is 0.0403. The van der Waals surface area contributed by atoms with Gasteiger partial charge in [0.25, 0.3) is 0 Å². The number of hydrogen-bond donors (Lipinski definition) is 2. The van der Waals surface area contributed by atoms with Gasteiger partial charge in [0.15, 0.2) is 5.84 Å². The zero-order valence-corrected chi connectivity index (χ0v) is 8.08. The summed E-state index contributed by atoms with van der Waals surface area (Å²) in [4.78, 5) is 4.18. The first-order chi connectivity index (χ1) is 6.27. The van der Waals surface area contributed by atoms with Gasteiger partial charge in [-0.2, -0.15) is 0 Å². The largest absolute Gasteiger partial charge is 0.409 e. The fraction of sp³-hybridized carbons (Fsp3) is 0.250. The van der Waals surface area contributed by atoms with Crippen LogP contribution in [0.15, 0.2) is 28.4 Å². The van der Waals surface area contributed by atoms with Crippen molar-refractivity contribution in [2.45, 2.75) is 11.9 Å². The quantitative estimate of drug-likeness (QED) is 0.252. The van der Waals surface area contributed by atoms with E-state index in [1.54, 1.807) is 17.8 Å². The topological polar surface area (TPSA) is 71.5 Å². The molecule has 0 aromatic carbocycles. The van der Waals surface area contributed by atoms with Gasteiger partial charge in [-0.1, -0.05) is 18.1 Å². The molecule has 0 saturated heterocycles. The third kappa shape index (κ3) is 2.62. The Morgan fingerprint density at radius 3 is 3.08 bits per heavy atom. The molecule has 5 heteroatoms. The van der Waals surface area contributed by atoms with Gasteiger partial charge in [-0.15, -0.1) is 11.8 Å². The Balaban J connectivity index is 2.91. The molecule has 0 radical (unpaired) electrons. The second-order valence-corrected chi connectivity index (χ2v) is 3.56. The molecule has 0 atom stereocenters. The molecule has 0 aliphatic carbocycles. The van der Waals surface area contributed by atoms with Crippen molar-refractivity contribution in [2.24, 2.45) is 10.9 Å². The molecule has 1 aromatic rings. The van der Waals surface area contributed by atoms with Gasteiger partial charge in [-0.3, -0.25) is 0 Å². The summed E-state index contributed by atoms with van der Waals surface area (Å²) in [6.45, 7) is 2.04. The van der Waals surface area contributed by atoms with Gasteiger partial charge < -0.3 is 10.9 Å². The highest BCUT2D eigenvalue weighted by molar-refractivity contribution is 7.99. The van der Waals surface area contributed by atoms with Crippen molar-refractivity contribution in [1.29, 1.82) is 0 Å². The highest BCUT2D eigenvalue weighted by Gasteiger charge is 2.01. The van der Waals surface area contributed by atoms with Crippen molar-refractivity contribution in [2.75, 3.05) is 5.75 Å². The van der Waals surface area contributed by atoms with Gasteiger partial charge in [-0.25, -0.2) is 4.98 Å². The Morgan fingerprint density at radius 2 is 2.46 bits per heavy atom.